The summed E-state index contributed by atoms with van der Waals surface area (Å²) in [6, 6.07) is 0. The van der Waals surface area contributed by atoms with Gasteiger partial charge in [-0.25, -0.2) is 0 Å². The predicted octanol–water partition coefficient (Wildman–Crippen LogP) is 3.68. The first-order valence-corrected chi connectivity index (χ1v) is 7.20. The lowest BCUT2D eigenvalue weighted by molar-refractivity contribution is 0.00516. The van der Waals surface area contributed by atoms with E-state index in [9.17, 15) is 0 Å². The number of hydrogen-bond donors (Lipinski definition) is 0. The van der Waals surface area contributed by atoms with Crippen molar-refractivity contribution in [3.05, 3.63) is 11.8 Å². The van der Waals surface area contributed by atoms with Gasteiger partial charge >= 0.3 is 0 Å². The summed E-state index contributed by atoms with van der Waals surface area (Å²) in [5, 5.41) is 0. The molecule has 0 heterocycles. The zero-order valence-corrected chi connectivity index (χ0v) is 12.3. The van der Waals surface area contributed by atoms with Crippen molar-refractivity contribution in [1.29, 1.82) is 0 Å². The van der Waals surface area contributed by atoms with E-state index < -0.39 is 0 Å². The van der Waals surface area contributed by atoms with E-state index in [4.69, 9.17) is 14.2 Å². The summed E-state index contributed by atoms with van der Waals surface area (Å²) in [4.78, 5) is 0. The number of ether oxygens (including phenoxy) is 3. The molecule has 0 saturated heterocycles. The minimum Gasteiger partial charge on any atom is -0.492 e. The fourth-order valence-corrected chi connectivity index (χ4v) is 1.76. The van der Waals surface area contributed by atoms with E-state index in [0.29, 0.717) is 13.2 Å². The molecule has 106 valence electrons. The van der Waals surface area contributed by atoms with Crippen LogP contribution < -0.4 is 0 Å². The van der Waals surface area contributed by atoms with Crippen LogP contribution in [-0.4, -0.2) is 31.5 Å². The van der Waals surface area contributed by atoms with Gasteiger partial charge in [0, 0.05) is 6.61 Å². The second-order valence-electron chi connectivity index (χ2n) is 5.29. The average molecular weight is 256 g/mol. The van der Waals surface area contributed by atoms with Gasteiger partial charge < -0.3 is 14.2 Å². The van der Waals surface area contributed by atoms with Gasteiger partial charge in [-0.05, 0) is 33.3 Å². The van der Waals surface area contributed by atoms with Crippen molar-refractivity contribution in [3.8, 4) is 0 Å². The fraction of sp³-hybridized carbons (Fsp3) is 0.867. The second-order valence-corrected chi connectivity index (χ2v) is 5.29. The van der Waals surface area contributed by atoms with Gasteiger partial charge in [0.05, 0.1) is 12.7 Å². The molecule has 0 aliphatic heterocycles. The summed E-state index contributed by atoms with van der Waals surface area (Å²) in [6.45, 7) is 10.4. The van der Waals surface area contributed by atoms with E-state index in [2.05, 4.69) is 13.8 Å². The Morgan fingerprint density at radius 3 is 2.56 bits per heavy atom. The van der Waals surface area contributed by atoms with Crippen molar-refractivity contribution in [2.45, 2.75) is 65.1 Å². The van der Waals surface area contributed by atoms with Gasteiger partial charge in [-0.2, -0.15) is 0 Å². The van der Waals surface area contributed by atoms with Crippen LogP contribution in [0.1, 0.15) is 53.4 Å². The maximum absolute atomic E-state index is 5.82. The van der Waals surface area contributed by atoms with E-state index in [1.165, 1.54) is 19.3 Å². The van der Waals surface area contributed by atoms with E-state index in [0.717, 1.165) is 18.8 Å². The molecular weight excluding hydrogens is 228 g/mol. The maximum atomic E-state index is 5.82. The Labute approximate surface area is 111 Å². The zero-order chi connectivity index (χ0) is 13.4. The van der Waals surface area contributed by atoms with Crippen LogP contribution in [0.3, 0.4) is 0 Å². The molecule has 1 atom stereocenters. The molecule has 0 aromatic rings. The molecule has 0 bridgehead atoms. The third-order valence-electron chi connectivity index (χ3n) is 3.00. The third-order valence-corrected chi connectivity index (χ3v) is 3.00. The van der Waals surface area contributed by atoms with Crippen molar-refractivity contribution >= 4 is 0 Å². The van der Waals surface area contributed by atoms with Gasteiger partial charge in [0.2, 0.25) is 0 Å². The Kier molecular flexibility index (Phi) is 6.72. The lowest BCUT2D eigenvalue weighted by Crippen LogP contribution is -2.17. The first-order valence-electron chi connectivity index (χ1n) is 7.20. The Morgan fingerprint density at radius 1 is 1.11 bits per heavy atom. The molecule has 1 rings (SSSR count). The normalized spacial score (nSPS) is 22.2. The molecule has 0 aromatic heterocycles. The van der Waals surface area contributed by atoms with Crippen molar-refractivity contribution in [2.75, 3.05) is 19.8 Å². The van der Waals surface area contributed by atoms with E-state index >= 15 is 0 Å². The molecule has 0 fully saturated rings. The molecule has 0 saturated carbocycles. The smallest absolute Gasteiger partial charge is 0.144 e. The number of hydrogen-bond acceptors (Lipinski definition) is 3. The molecular formula is C15H28O3. The molecule has 0 amide bonds. The highest BCUT2D eigenvalue weighted by Gasteiger charge is 2.42. The number of rotatable bonds is 11. The highest BCUT2D eigenvalue weighted by molar-refractivity contribution is 5.36. The van der Waals surface area contributed by atoms with Gasteiger partial charge in [0.15, 0.2) is 0 Å². The average Bonchev–Trinajstić information content (AvgIpc) is 2.96. The summed E-state index contributed by atoms with van der Waals surface area (Å²) in [6.07, 6.45) is 7.26. The minimum atomic E-state index is -0.232. The molecule has 1 unspecified atom stereocenters. The summed E-state index contributed by atoms with van der Waals surface area (Å²) in [7, 11) is 0. The summed E-state index contributed by atoms with van der Waals surface area (Å²) >= 11 is 0. The van der Waals surface area contributed by atoms with Crippen LogP contribution in [0, 0.1) is 0 Å². The molecule has 3 nitrogen and oxygen atoms in total. The maximum Gasteiger partial charge on any atom is 0.144 e. The Hall–Kier alpha value is -0.540. The van der Waals surface area contributed by atoms with Crippen LogP contribution in [0.25, 0.3) is 0 Å². The highest BCUT2D eigenvalue weighted by Crippen LogP contribution is 2.38. The lowest BCUT2D eigenvalue weighted by atomic mass is 10.2. The van der Waals surface area contributed by atoms with Crippen LogP contribution in [0.2, 0.25) is 0 Å². The topological polar surface area (TPSA) is 27.7 Å². The third kappa shape index (κ3) is 5.87. The van der Waals surface area contributed by atoms with Gasteiger partial charge in [-0.15, -0.1) is 0 Å². The predicted molar refractivity (Wildman–Crippen MR) is 73.6 cm³/mol. The second kappa shape index (κ2) is 7.80. The molecule has 1 aliphatic carbocycles. The monoisotopic (exact) mass is 256 g/mol. The molecule has 0 N–H and O–H groups in total. The summed E-state index contributed by atoms with van der Waals surface area (Å²) in [5.74, 6) is 0.963. The minimum absolute atomic E-state index is 0.232. The summed E-state index contributed by atoms with van der Waals surface area (Å²) in [5.41, 5.74) is -0.232. The Morgan fingerprint density at radius 2 is 1.89 bits per heavy atom. The summed E-state index contributed by atoms with van der Waals surface area (Å²) < 4.78 is 16.8. The first kappa shape index (κ1) is 15.5. The Bertz CT molecular complexity index is 260. The van der Waals surface area contributed by atoms with Gasteiger partial charge in [-0.1, -0.05) is 26.2 Å². The van der Waals surface area contributed by atoms with Gasteiger partial charge in [0.25, 0.3) is 0 Å². The molecule has 3 heteroatoms. The lowest BCUT2D eigenvalue weighted by Gasteiger charge is -2.15. The Balaban J connectivity index is 1.97. The molecule has 18 heavy (non-hydrogen) atoms. The van der Waals surface area contributed by atoms with Crippen molar-refractivity contribution < 1.29 is 14.2 Å². The van der Waals surface area contributed by atoms with Crippen LogP contribution >= 0.6 is 0 Å². The fourth-order valence-electron chi connectivity index (χ4n) is 1.76. The number of unbranched alkanes of at least 4 members (excludes halogenated alkanes) is 3. The van der Waals surface area contributed by atoms with Crippen LogP contribution in [0.5, 0.6) is 0 Å². The van der Waals surface area contributed by atoms with E-state index in [-0.39, 0.29) is 11.7 Å². The zero-order valence-electron chi connectivity index (χ0n) is 12.3. The van der Waals surface area contributed by atoms with Crippen LogP contribution in [-0.2, 0) is 14.2 Å². The van der Waals surface area contributed by atoms with Crippen LogP contribution in [0.15, 0.2) is 11.8 Å². The van der Waals surface area contributed by atoms with Crippen molar-refractivity contribution in [2.24, 2.45) is 0 Å². The molecule has 0 spiro atoms. The highest BCUT2D eigenvalue weighted by atomic mass is 16.6. The van der Waals surface area contributed by atoms with E-state index in [1.807, 2.05) is 19.9 Å². The van der Waals surface area contributed by atoms with E-state index in [1.54, 1.807) is 0 Å². The van der Waals surface area contributed by atoms with Crippen LogP contribution in [0.4, 0.5) is 0 Å². The SMILES string of the molecule is CCCCCCOC1(C)C=C1OCCOC(C)C. The standard InChI is InChI=1S/C15H28O3/c1-5-6-7-8-9-18-15(4)12-14(15)17-11-10-16-13(2)3/h12-13H,5-11H2,1-4H3. The quantitative estimate of drug-likeness (QED) is 0.528. The largest absolute Gasteiger partial charge is 0.492 e. The van der Waals surface area contributed by atoms with Gasteiger partial charge in [0.1, 0.15) is 18.0 Å². The van der Waals surface area contributed by atoms with Gasteiger partial charge in [-0.3, -0.25) is 0 Å². The van der Waals surface area contributed by atoms with Crippen molar-refractivity contribution in [3.63, 3.8) is 0 Å². The molecule has 0 radical (unpaired) electrons. The molecule has 0 aromatic carbocycles. The first-order chi connectivity index (χ1) is 8.58. The van der Waals surface area contributed by atoms with Crippen molar-refractivity contribution in [1.82, 2.24) is 0 Å². The molecule has 1 aliphatic rings.